The van der Waals surface area contributed by atoms with Gasteiger partial charge in [-0.1, -0.05) is 11.6 Å². The standard InChI is InChI=1S/C10H13ClN2/c1-7-8(2-5-13-9(7)11)6-10(12)3-4-10/h2,5H,3-4,6,12H2,1H3. The van der Waals surface area contributed by atoms with Gasteiger partial charge >= 0.3 is 0 Å². The van der Waals surface area contributed by atoms with E-state index < -0.39 is 0 Å². The van der Waals surface area contributed by atoms with E-state index in [1.165, 1.54) is 5.56 Å². The van der Waals surface area contributed by atoms with E-state index in [1.54, 1.807) is 6.20 Å². The van der Waals surface area contributed by atoms with Gasteiger partial charge in [-0.15, -0.1) is 0 Å². The first kappa shape index (κ1) is 8.97. The Morgan fingerprint density at radius 2 is 2.31 bits per heavy atom. The number of rotatable bonds is 2. The van der Waals surface area contributed by atoms with Crippen molar-refractivity contribution in [3.63, 3.8) is 0 Å². The number of aromatic nitrogens is 1. The fourth-order valence-corrected chi connectivity index (χ4v) is 1.63. The lowest BCUT2D eigenvalue weighted by Crippen LogP contribution is -2.24. The Balaban J connectivity index is 2.25. The number of pyridine rings is 1. The van der Waals surface area contributed by atoms with Crippen LogP contribution in [0.3, 0.4) is 0 Å². The SMILES string of the molecule is Cc1c(CC2(N)CC2)ccnc1Cl. The van der Waals surface area contributed by atoms with Gasteiger partial charge in [-0.2, -0.15) is 0 Å². The molecule has 13 heavy (non-hydrogen) atoms. The fourth-order valence-electron chi connectivity index (χ4n) is 1.46. The van der Waals surface area contributed by atoms with Crippen molar-refractivity contribution in [1.82, 2.24) is 4.98 Å². The molecule has 0 radical (unpaired) electrons. The van der Waals surface area contributed by atoms with Gasteiger partial charge in [-0.25, -0.2) is 4.98 Å². The molecule has 0 unspecified atom stereocenters. The summed E-state index contributed by atoms with van der Waals surface area (Å²) in [5.74, 6) is 0. The minimum absolute atomic E-state index is 0.0510. The molecule has 0 atom stereocenters. The molecule has 2 N–H and O–H groups in total. The lowest BCUT2D eigenvalue weighted by atomic mass is 10.0. The van der Waals surface area contributed by atoms with Gasteiger partial charge in [-0.3, -0.25) is 0 Å². The van der Waals surface area contributed by atoms with E-state index in [1.807, 2.05) is 13.0 Å². The van der Waals surface area contributed by atoms with Crippen LogP contribution < -0.4 is 5.73 Å². The Morgan fingerprint density at radius 1 is 1.62 bits per heavy atom. The second-order valence-corrected chi connectivity index (χ2v) is 4.28. The Labute approximate surface area is 83.1 Å². The highest BCUT2D eigenvalue weighted by Gasteiger charge is 2.38. The lowest BCUT2D eigenvalue weighted by molar-refractivity contribution is 0.669. The van der Waals surface area contributed by atoms with E-state index in [0.29, 0.717) is 5.15 Å². The Bertz CT molecular complexity index is 332. The van der Waals surface area contributed by atoms with Crippen LogP contribution in [-0.4, -0.2) is 10.5 Å². The summed E-state index contributed by atoms with van der Waals surface area (Å²) in [5, 5.41) is 0.599. The molecule has 70 valence electrons. The molecular formula is C10H13ClN2. The van der Waals surface area contributed by atoms with E-state index in [4.69, 9.17) is 17.3 Å². The predicted octanol–water partition coefficient (Wildman–Crippen LogP) is 2.08. The molecule has 3 heteroatoms. The van der Waals surface area contributed by atoms with Crippen LogP contribution in [0.15, 0.2) is 12.3 Å². The number of hydrogen-bond acceptors (Lipinski definition) is 2. The summed E-state index contributed by atoms with van der Waals surface area (Å²) in [4.78, 5) is 4.01. The van der Waals surface area contributed by atoms with Crippen LogP contribution in [0.4, 0.5) is 0 Å². The van der Waals surface area contributed by atoms with Crippen molar-refractivity contribution < 1.29 is 0 Å². The van der Waals surface area contributed by atoms with Crippen molar-refractivity contribution in [3.05, 3.63) is 28.5 Å². The van der Waals surface area contributed by atoms with Crippen LogP contribution in [0.2, 0.25) is 5.15 Å². The topological polar surface area (TPSA) is 38.9 Å². The van der Waals surface area contributed by atoms with Crippen molar-refractivity contribution in [3.8, 4) is 0 Å². The van der Waals surface area contributed by atoms with Crippen molar-refractivity contribution in [2.45, 2.75) is 31.7 Å². The molecule has 1 aromatic heterocycles. The highest BCUT2D eigenvalue weighted by Crippen LogP contribution is 2.36. The molecule has 0 saturated heterocycles. The maximum atomic E-state index is 6.03. The molecule has 1 aliphatic carbocycles. The predicted molar refractivity (Wildman–Crippen MR) is 53.8 cm³/mol. The first-order chi connectivity index (χ1) is 6.11. The monoisotopic (exact) mass is 196 g/mol. The van der Waals surface area contributed by atoms with E-state index in [0.717, 1.165) is 24.8 Å². The van der Waals surface area contributed by atoms with Crippen molar-refractivity contribution in [2.24, 2.45) is 5.73 Å². The average Bonchev–Trinajstić information content (AvgIpc) is 2.78. The highest BCUT2D eigenvalue weighted by molar-refractivity contribution is 6.30. The minimum Gasteiger partial charge on any atom is -0.325 e. The van der Waals surface area contributed by atoms with Crippen LogP contribution >= 0.6 is 11.6 Å². The summed E-state index contributed by atoms with van der Waals surface area (Å²) in [7, 11) is 0. The Hall–Kier alpha value is -0.600. The molecule has 1 saturated carbocycles. The summed E-state index contributed by atoms with van der Waals surface area (Å²) in [6.45, 7) is 2.00. The molecule has 1 fully saturated rings. The van der Waals surface area contributed by atoms with Gasteiger partial charge in [0, 0.05) is 11.7 Å². The molecule has 0 aromatic carbocycles. The molecule has 2 rings (SSSR count). The zero-order valence-corrected chi connectivity index (χ0v) is 8.43. The number of hydrogen-bond donors (Lipinski definition) is 1. The molecule has 0 bridgehead atoms. The molecule has 1 aromatic rings. The summed E-state index contributed by atoms with van der Waals surface area (Å²) in [6, 6.07) is 2.01. The van der Waals surface area contributed by atoms with Crippen LogP contribution in [0, 0.1) is 6.92 Å². The van der Waals surface area contributed by atoms with E-state index in [9.17, 15) is 0 Å². The third-order valence-electron chi connectivity index (χ3n) is 2.69. The van der Waals surface area contributed by atoms with Gasteiger partial charge in [0.05, 0.1) is 0 Å². The lowest BCUT2D eigenvalue weighted by Gasteiger charge is -2.11. The third-order valence-corrected chi connectivity index (χ3v) is 3.07. The smallest absolute Gasteiger partial charge is 0.132 e. The molecule has 0 aliphatic heterocycles. The molecule has 1 heterocycles. The van der Waals surface area contributed by atoms with Crippen LogP contribution in [-0.2, 0) is 6.42 Å². The summed E-state index contributed by atoms with van der Waals surface area (Å²) >= 11 is 5.91. The van der Waals surface area contributed by atoms with Crippen molar-refractivity contribution >= 4 is 11.6 Å². The van der Waals surface area contributed by atoms with Gasteiger partial charge in [-0.05, 0) is 43.4 Å². The van der Waals surface area contributed by atoms with Crippen molar-refractivity contribution in [2.75, 3.05) is 0 Å². The first-order valence-corrected chi connectivity index (χ1v) is 4.87. The Morgan fingerprint density at radius 3 is 2.92 bits per heavy atom. The number of halogens is 1. The third kappa shape index (κ3) is 1.84. The van der Waals surface area contributed by atoms with Crippen LogP contribution in [0.1, 0.15) is 24.0 Å². The van der Waals surface area contributed by atoms with E-state index >= 15 is 0 Å². The highest BCUT2D eigenvalue weighted by atomic mass is 35.5. The van der Waals surface area contributed by atoms with Gasteiger partial charge < -0.3 is 5.73 Å². The summed E-state index contributed by atoms with van der Waals surface area (Å²) in [6.07, 6.45) is 4.94. The van der Waals surface area contributed by atoms with Gasteiger partial charge in [0.25, 0.3) is 0 Å². The summed E-state index contributed by atoms with van der Waals surface area (Å²) < 4.78 is 0. The average molecular weight is 197 g/mol. The van der Waals surface area contributed by atoms with Crippen molar-refractivity contribution in [1.29, 1.82) is 0 Å². The zero-order chi connectivity index (χ0) is 9.47. The molecule has 1 aliphatic rings. The second kappa shape index (κ2) is 2.96. The van der Waals surface area contributed by atoms with E-state index in [2.05, 4.69) is 4.98 Å². The molecule has 0 spiro atoms. The molecule has 2 nitrogen and oxygen atoms in total. The maximum absolute atomic E-state index is 6.03. The number of nitrogens with zero attached hydrogens (tertiary/aromatic N) is 1. The largest absolute Gasteiger partial charge is 0.325 e. The summed E-state index contributed by atoms with van der Waals surface area (Å²) in [5.41, 5.74) is 8.39. The fraction of sp³-hybridized carbons (Fsp3) is 0.500. The van der Waals surface area contributed by atoms with Gasteiger partial charge in [0.15, 0.2) is 0 Å². The van der Waals surface area contributed by atoms with Gasteiger partial charge in [0.2, 0.25) is 0 Å². The second-order valence-electron chi connectivity index (χ2n) is 3.93. The minimum atomic E-state index is 0.0510. The number of nitrogens with two attached hydrogens (primary N) is 1. The quantitative estimate of drug-likeness (QED) is 0.736. The first-order valence-electron chi connectivity index (χ1n) is 4.50. The van der Waals surface area contributed by atoms with E-state index in [-0.39, 0.29) is 5.54 Å². The Kier molecular flexibility index (Phi) is 2.05. The normalized spacial score (nSPS) is 18.7. The molecule has 0 amide bonds. The zero-order valence-electron chi connectivity index (χ0n) is 7.68. The molecular weight excluding hydrogens is 184 g/mol. The van der Waals surface area contributed by atoms with Gasteiger partial charge in [0.1, 0.15) is 5.15 Å². The maximum Gasteiger partial charge on any atom is 0.132 e. The van der Waals surface area contributed by atoms with Crippen LogP contribution in [0.5, 0.6) is 0 Å². The van der Waals surface area contributed by atoms with Crippen LogP contribution in [0.25, 0.3) is 0 Å².